The Bertz CT molecular complexity index is 459. The second kappa shape index (κ2) is 7.39. The van der Waals surface area contributed by atoms with Gasteiger partial charge in [0.2, 0.25) is 0 Å². The molecule has 0 rings (SSSR count). The highest BCUT2D eigenvalue weighted by atomic mass is 28.4. The van der Waals surface area contributed by atoms with Crippen molar-refractivity contribution in [3.05, 3.63) is 0 Å². The average molecular weight is 337 g/mol. The summed E-state index contributed by atoms with van der Waals surface area (Å²) in [4.78, 5) is 0. The quantitative estimate of drug-likeness (QED) is 0.462. The summed E-state index contributed by atoms with van der Waals surface area (Å²) in [5.74, 6) is 6.32. The zero-order valence-corrected chi connectivity index (χ0v) is 18.5. The van der Waals surface area contributed by atoms with Crippen LogP contribution in [0.15, 0.2) is 0 Å². The van der Waals surface area contributed by atoms with E-state index in [1.807, 2.05) is 0 Å². The molecule has 0 aromatic carbocycles. The molecule has 126 valence electrons. The van der Waals surface area contributed by atoms with Gasteiger partial charge in [0, 0.05) is 5.41 Å². The lowest BCUT2D eigenvalue weighted by atomic mass is 9.88. The minimum atomic E-state index is -1.81. The molecule has 3 heteroatoms. The molecule has 22 heavy (non-hydrogen) atoms. The number of rotatable bonds is 5. The summed E-state index contributed by atoms with van der Waals surface area (Å²) in [6.07, 6.45) is 7.50. The molecular weight excluding hydrogens is 300 g/mol. The predicted molar refractivity (Wildman–Crippen MR) is 105 cm³/mol. The molecule has 0 aliphatic carbocycles. The molecule has 0 aliphatic heterocycles. The lowest BCUT2D eigenvalue weighted by Gasteiger charge is -2.38. The molecule has 0 bridgehead atoms. The highest BCUT2D eigenvalue weighted by molar-refractivity contribution is 6.83. The molecule has 0 amide bonds. The molecule has 1 unspecified atom stereocenters. The molecule has 0 saturated heterocycles. The summed E-state index contributed by atoms with van der Waals surface area (Å²) >= 11 is 0. The van der Waals surface area contributed by atoms with Crippen LogP contribution in [-0.4, -0.2) is 22.5 Å². The van der Waals surface area contributed by atoms with Gasteiger partial charge in [0.15, 0.2) is 8.32 Å². The van der Waals surface area contributed by atoms with Gasteiger partial charge >= 0.3 is 0 Å². The van der Waals surface area contributed by atoms with Crippen molar-refractivity contribution in [3.63, 3.8) is 0 Å². The lowest BCUT2D eigenvalue weighted by molar-refractivity contribution is 0.207. The first-order valence-electron chi connectivity index (χ1n) is 8.28. The fourth-order valence-corrected chi connectivity index (χ4v) is 3.39. The molecule has 0 aromatic heterocycles. The van der Waals surface area contributed by atoms with E-state index in [1.54, 1.807) is 0 Å². The molecule has 0 heterocycles. The summed E-state index contributed by atoms with van der Waals surface area (Å²) in [5, 5.41) is 0.202. The molecular formula is C19H36OSi2. The van der Waals surface area contributed by atoms with Crippen LogP contribution in [0.25, 0.3) is 0 Å². The smallest absolute Gasteiger partial charge is 0.193 e. The van der Waals surface area contributed by atoms with Gasteiger partial charge in [0.05, 0.1) is 0 Å². The standard InChI is InChI=1S/C19H36OSi2/c1-12-19(5,6)15-13-17(14-16-21(7,8)9)20-22(10,11)18(2,3)4/h1,17H,13,15H2,2-11H3. The SMILES string of the molecule is C#CC(C)(C)CCC(C#C[Si](C)(C)C)O[Si](C)(C)C(C)(C)C. The minimum Gasteiger partial charge on any atom is -0.403 e. The Morgan fingerprint density at radius 3 is 1.86 bits per heavy atom. The van der Waals surface area contributed by atoms with Crippen LogP contribution >= 0.6 is 0 Å². The van der Waals surface area contributed by atoms with Crippen LogP contribution < -0.4 is 0 Å². The van der Waals surface area contributed by atoms with Crippen LogP contribution in [0.4, 0.5) is 0 Å². The summed E-state index contributed by atoms with van der Waals surface area (Å²) in [5.41, 5.74) is 3.40. The van der Waals surface area contributed by atoms with Gasteiger partial charge in [0.1, 0.15) is 14.2 Å². The molecule has 0 fully saturated rings. The van der Waals surface area contributed by atoms with Crippen LogP contribution in [0.5, 0.6) is 0 Å². The molecule has 0 radical (unpaired) electrons. The Morgan fingerprint density at radius 1 is 1.00 bits per heavy atom. The second-order valence-electron chi connectivity index (χ2n) is 9.45. The summed E-state index contributed by atoms with van der Waals surface area (Å²) in [6, 6.07) is 0. The van der Waals surface area contributed by atoms with Gasteiger partial charge in [-0.15, -0.1) is 17.9 Å². The Hall–Kier alpha value is -0.486. The number of hydrogen-bond donors (Lipinski definition) is 0. The molecule has 0 spiro atoms. The molecule has 1 atom stereocenters. The molecule has 1 nitrogen and oxygen atoms in total. The van der Waals surface area contributed by atoms with Crippen molar-refractivity contribution in [2.45, 2.75) is 91.3 Å². The van der Waals surface area contributed by atoms with Crippen molar-refractivity contribution in [1.29, 1.82) is 0 Å². The largest absolute Gasteiger partial charge is 0.403 e. The zero-order valence-electron chi connectivity index (χ0n) is 16.5. The Morgan fingerprint density at radius 2 is 1.50 bits per heavy atom. The van der Waals surface area contributed by atoms with Crippen molar-refractivity contribution in [2.75, 3.05) is 0 Å². The summed E-state index contributed by atoms with van der Waals surface area (Å²) in [7, 11) is -3.20. The number of hydrogen-bond acceptors (Lipinski definition) is 1. The van der Waals surface area contributed by atoms with E-state index in [4.69, 9.17) is 10.8 Å². The van der Waals surface area contributed by atoms with E-state index >= 15 is 0 Å². The van der Waals surface area contributed by atoms with E-state index in [0.29, 0.717) is 0 Å². The first-order chi connectivity index (χ1) is 9.60. The van der Waals surface area contributed by atoms with Gasteiger partial charge in [-0.1, -0.05) is 46.3 Å². The Kier molecular flexibility index (Phi) is 7.23. The fourth-order valence-electron chi connectivity index (χ4n) is 1.55. The maximum absolute atomic E-state index is 6.56. The van der Waals surface area contributed by atoms with E-state index in [9.17, 15) is 0 Å². The van der Waals surface area contributed by atoms with Gasteiger partial charge in [-0.25, -0.2) is 0 Å². The van der Waals surface area contributed by atoms with Crippen molar-refractivity contribution in [1.82, 2.24) is 0 Å². The highest BCUT2D eigenvalue weighted by Crippen LogP contribution is 2.38. The molecule has 0 aromatic rings. The van der Waals surface area contributed by atoms with E-state index < -0.39 is 16.4 Å². The third kappa shape index (κ3) is 8.23. The van der Waals surface area contributed by atoms with Crippen LogP contribution in [0, 0.1) is 29.2 Å². The topological polar surface area (TPSA) is 9.23 Å². The lowest BCUT2D eigenvalue weighted by Crippen LogP contribution is -2.44. The maximum Gasteiger partial charge on any atom is 0.193 e. The normalized spacial score (nSPS) is 14.8. The van der Waals surface area contributed by atoms with Crippen LogP contribution in [0.3, 0.4) is 0 Å². The Balaban J connectivity index is 5.19. The molecule has 0 aliphatic rings. The molecule has 0 N–H and O–H groups in total. The average Bonchev–Trinajstić information content (AvgIpc) is 2.30. The summed E-state index contributed by atoms with van der Waals surface area (Å²) < 4.78 is 6.56. The van der Waals surface area contributed by atoms with E-state index in [-0.39, 0.29) is 16.6 Å². The molecule has 0 saturated carbocycles. The van der Waals surface area contributed by atoms with Gasteiger partial charge < -0.3 is 4.43 Å². The minimum absolute atomic E-state index is 0.0141. The van der Waals surface area contributed by atoms with Crippen LogP contribution in [0.2, 0.25) is 37.8 Å². The first-order valence-corrected chi connectivity index (χ1v) is 14.7. The monoisotopic (exact) mass is 336 g/mol. The fraction of sp³-hybridized carbons (Fsp3) is 0.789. The van der Waals surface area contributed by atoms with Gasteiger partial charge in [-0.05, 0) is 44.8 Å². The summed E-state index contributed by atoms with van der Waals surface area (Å²) in [6.45, 7) is 22.4. The van der Waals surface area contributed by atoms with Gasteiger partial charge in [-0.2, -0.15) is 0 Å². The highest BCUT2D eigenvalue weighted by Gasteiger charge is 2.39. The van der Waals surface area contributed by atoms with Crippen LogP contribution in [0.1, 0.15) is 47.5 Å². The van der Waals surface area contributed by atoms with E-state index in [2.05, 4.69) is 84.7 Å². The predicted octanol–water partition coefficient (Wildman–Crippen LogP) is 5.70. The van der Waals surface area contributed by atoms with Crippen LogP contribution in [-0.2, 0) is 4.43 Å². The first kappa shape index (κ1) is 21.5. The third-order valence-corrected chi connectivity index (χ3v) is 9.65. The van der Waals surface area contributed by atoms with Gasteiger partial charge in [-0.3, -0.25) is 0 Å². The van der Waals surface area contributed by atoms with Crippen molar-refractivity contribution in [2.24, 2.45) is 5.41 Å². The second-order valence-corrected chi connectivity index (χ2v) is 19.0. The zero-order chi connectivity index (χ0) is 17.8. The maximum atomic E-state index is 6.56. The van der Waals surface area contributed by atoms with E-state index in [0.717, 1.165) is 12.8 Å². The van der Waals surface area contributed by atoms with E-state index in [1.165, 1.54) is 0 Å². The van der Waals surface area contributed by atoms with Crippen molar-refractivity contribution < 1.29 is 4.43 Å². The van der Waals surface area contributed by atoms with Crippen molar-refractivity contribution in [3.8, 4) is 23.8 Å². The Labute approximate surface area is 141 Å². The third-order valence-electron chi connectivity index (χ3n) is 4.27. The number of terminal acetylenes is 1. The van der Waals surface area contributed by atoms with Gasteiger partial charge in [0.25, 0.3) is 0 Å². The van der Waals surface area contributed by atoms with Crippen molar-refractivity contribution >= 4 is 16.4 Å².